The van der Waals surface area contributed by atoms with Gasteiger partial charge in [-0.05, 0) is 6.92 Å². The Balaban J connectivity index is 4.53. The number of alkyl halides is 2. The number of rotatable bonds is 8. The molecule has 6 nitrogen and oxygen atoms in total. The average molecular weight is 268 g/mol. The molecule has 106 valence electrons. The summed E-state index contributed by atoms with van der Waals surface area (Å²) in [7, 11) is 0. The molecule has 0 heterocycles. The molecule has 0 unspecified atom stereocenters. The van der Waals surface area contributed by atoms with Crippen LogP contribution in [0, 0.1) is 0 Å². The van der Waals surface area contributed by atoms with Gasteiger partial charge in [0.25, 0.3) is 6.43 Å². The van der Waals surface area contributed by atoms with Gasteiger partial charge >= 0.3 is 12.0 Å². The first kappa shape index (κ1) is 16.6. The van der Waals surface area contributed by atoms with E-state index in [1.807, 2.05) is 0 Å². The fraction of sp³-hybridized carbons (Fsp3) is 0.800. The van der Waals surface area contributed by atoms with Crippen molar-refractivity contribution in [2.24, 2.45) is 0 Å². The molecule has 18 heavy (non-hydrogen) atoms. The van der Waals surface area contributed by atoms with Crippen molar-refractivity contribution in [3.05, 3.63) is 0 Å². The molecule has 0 aromatic carbocycles. The zero-order valence-electron chi connectivity index (χ0n) is 10.2. The molecule has 0 fully saturated rings. The van der Waals surface area contributed by atoms with Crippen molar-refractivity contribution < 1.29 is 28.6 Å². The van der Waals surface area contributed by atoms with Crippen molar-refractivity contribution in [2.45, 2.75) is 19.8 Å². The van der Waals surface area contributed by atoms with Gasteiger partial charge in [-0.15, -0.1) is 0 Å². The monoisotopic (exact) mass is 268 g/mol. The zero-order chi connectivity index (χ0) is 14.1. The Morgan fingerprint density at radius 3 is 2.22 bits per heavy atom. The second kappa shape index (κ2) is 8.62. The third-order valence-corrected chi connectivity index (χ3v) is 2.25. The van der Waals surface area contributed by atoms with Crippen LogP contribution in [0.4, 0.5) is 13.6 Å². The number of nitrogens with zero attached hydrogens (tertiary/aromatic N) is 2. The van der Waals surface area contributed by atoms with Gasteiger partial charge in [-0.2, -0.15) is 0 Å². The first-order valence-corrected chi connectivity index (χ1v) is 5.57. The van der Waals surface area contributed by atoms with Crippen molar-refractivity contribution in [3.8, 4) is 0 Å². The lowest BCUT2D eigenvalue weighted by molar-refractivity contribution is -0.137. The fourth-order valence-corrected chi connectivity index (χ4v) is 1.37. The summed E-state index contributed by atoms with van der Waals surface area (Å²) in [4.78, 5) is 24.2. The van der Waals surface area contributed by atoms with Crippen molar-refractivity contribution >= 4 is 12.0 Å². The molecule has 0 aliphatic rings. The molecule has 2 N–H and O–H groups in total. The Hall–Kier alpha value is -1.44. The number of aliphatic hydroxyl groups is 1. The number of aliphatic carboxylic acids is 1. The zero-order valence-corrected chi connectivity index (χ0v) is 10.2. The van der Waals surface area contributed by atoms with Gasteiger partial charge < -0.3 is 20.0 Å². The van der Waals surface area contributed by atoms with E-state index in [4.69, 9.17) is 10.2 Å². The lowest BCUT2D eigenvalue weighted by atomic mass is 10.4. The summed E-state index contributed by atoms with van der Waals surface area (Å²) in [6.07, 6.45) is -2.94. The fourth-order valence-electron chi connectivity index (χ4n) is 1.37. The van der Waals surface area contributed by atoms with E-state index in [0.29, 0.717) is 0 Å². The first-order valence-electron chi connectivity index (χ1n) is 5.57. The van der Waals surface area contributed by atoms with Crippen molar-refractivity contribution in [2.75, 3.05) is 32.8 Å². The smallest absolute Gasteiger partial charge is 0.320 e. The minimum Gasteiger partial charge on any atom is -0.481 e. The molecule has 0 rings (SSSR count). The summed E-state index contributed by atoms with van der Waals surface area (Å²) >= 11 is 0. The molecule has 0 aromatic rings. The van der Waals surface area contributed by atoms with Gasteiger partial charge in [-0.3, -0.25) is 4.79 Å². The maximum absolute atomic E-state index is 12.3. The standard InChI is InChI=1S/C10H18F2N2O4/c1-2-13(4-3-9(16)17)10(18)14(5-6-15)7-8(11)12/h8,15H,2-7H2,1H3,(H,16,17). The Bertz CT molecular complexity index is 277. The lowest BCUT2D eigenvalue weighted by Crippen LogP contribution is -2.46. The number of hydrogen-bond acceptors (Lipinski definition) is 3. The third kappa shape index (κ3) is 6.33. The van der Waals surface area contributed by atoms with Gasteiger partial charge in [0.05, 0.1) is 19.6 Å². The first-order chi connectivity index (χ1) is 8.42. The molecule has 0 saturated carbocycles. The summed E-state index contributed by atoms with van der Waals surface area (Å²) in [6.45, 7) is 0.400. The summed E-state index contributed by atoms with van der Waals surface area (Å²) in [6, 6.07) is -0.687. The Morgan fingerprint density at radius 1 is 1.22 bits per heavy atom. The molecule has 0 aromatic heterocycles. The summed E-state index contributed by atoms with van der Waals surface area (Å²) in [5.74, 6) is -1.07. The van der Waals surface area contributed by atoms with Gasteiger partial charge in [0.1, 0.15) is 0 Å². The van der Waals surface area contributed by atoms with Crippen LogP contribution in [0.15, 0.2) is 0 Å². The SMILES string of the molecule is CCN(CCC(=O)O)C(=O)N(CCO)CC(F)F. The van der Waals surface area contributed by atoms with Crippen LogP contribution in [-0.2, 0) is 4.79 Å². The van der Waals surface area contributed by atoms with Crippen LogP contribution in [0.5, 0.6) is 0 Å². The second-order valence-corrected chi connectivity index (χ2v) is 3.57. The summed E-state index contributed by atoms with van der Waals surface area (Å²) in [5.41, 5.74) is 0. The molecule has 0 aliphatic heterocycles. The largest absolute Gasteiger partial charge is 0.481 e. The van der Waals surface area contributed by atoms with Crippen molar-refractivity contribution in [3.63, 3.8) is 0 Å². The van der Waals surface area contributed by atoms with Gasteiger partial charge in [0, 0.05) is 19.6 Å². The number of carbonyl (C=O) groups is 2. The second-order valence-electron chi connectivity index (χ2n) is 3.57. The molecule has 2 amide bonds. The van der Waals surface area contributed by atoms with E-state index in [-0.39, 0.29) is 26.1 Å². The van der Waals surface area contributed by atoms with E-state index in [0.717, 1.165) is 9.80 Å². The molecule has 0 spiro atoms. The van der Waals surface area contributed by atoms with Crippen LogP contribution in [-0.4, -0.2) is 71.2 Å². The van der Waals surface area contributed by atoms with Crippen LogP contribution in [0.2, 0.25) is 0 Å². The maximum Gasteiger partial charge on any atom is 0.320 e. The number of carbonyl (C=O) groups excluding carboxylic acids is 1. The van der Waals surface area contributed by atoms with Crippen LogP contribution in [0.25, 0.3) is 0 Å². The normalized spacial score (nSPS) is 10.5. The van der Waals surface area contributed by atoms with Crippen molar-refractivity contribution in [1.82, 2.24) is 9.80 Å². The number of aliphatic hydroxyl groups excluding tert-OH is 1. The number of hydrogen-bond donors (Lipinski definition) is 2. The van der Waals surface area contributed by atoms with Crippen LogP contribution >= 0.6 is 0 Å². The minimum atomic E-state index is -2.70. The van der Waals surface area contributed by atoms with Crippen LogP contribution in [0.1, 0.15) is 13.3 Å². The van der Waals surface area contributed by atoms with Crippen LogP contribution < -0.4 is 0 Å². The van der Waals surface area contributed by atoms with Gasteiger partial charge in [0.15, 0.2) is 0 Å². The molecule has 0 saturated heterocycles. The van der Waals surface area contributed by atoms with E-state index < -0.39 is 31.6 Å². The van der Waals surface area contributed by atoms with E-state index in [2.05, 4.69) is 0 Å². The van der Waals surface area contributed by atoms with Crippen LogP contribution in [0.3, 0.4) is 0 Å². The summed E-state index contributed by atoms with van der Waals surface area (Å²) < 4.78 is 24.5. The van der Waals surface area contributed by atoms with Gasteiger partial charge in [-0.25, -0.2) is 13.6 Å². The number of carboxylic acid groups (broad SMARTS) is 1. The number of amides is 2. The third-order valence-electron chi connectivity index (χ3n) is 2.25. The maximum atomic E-state index is 12.3. The van der Waals surface area contributed by atoms with Crippen molar-refractivity contribution in [1.29, 1.82) is 0 Å². The Kier molecular flexibility index (Phi) is 7.93. The van der Waals surface area contributed by atoms with Gasteiger partial charge in [-0.1, -0.05) is 0 Å². The molecule has 0 aliphatic carbocycles. The highest BCUT2D eigenvalue weighted by Crippen LogP contribution is 2.04. The minimum absolute atomic E-state index is 0.0458. The predicted octanol–water partition coefficient (Wildman–Crippen LogP) is 0.462. The Morgan fingerprint density at radius 2 is 1.83 bits per heavy atom. The molecule has 0 bridgehead atoms. The quantitative estimate of drug-likeness (QED) is 0.670. The number of halogens is 2. The molecular weight excluding hydrogens is 250 g/mol. The molecule has 0 atom stereocenters. The Labute approximate surface area is 104 Å². The number of carboxylic acids is 1. The van der Waals surface area contributed by atoms with E-state index in [1.165, 1.54) is 0 Å². The predicted molar refractivity (Wildman–Crippen MR) is 59.6 cm³/mol. The lowest BCUT2D eigenvalue weighted by Gasteiger charge is -2.29. The highest BCUT2D eigenvalue weighted by molar-refractivity contribution is 5.75. The van der Waals surface area contributed by atoms with E-state index >= 15 is 0 Å². The van der Waals surface area contributed by atoms with E-state index in [1.54, 1.807) is 6.92 Å². The van der Waals surface area contributed by atoms with E-state index in [9.17, 15) is 18.4 Å². The topological polar surface area (TPSA) is 81.1 Å². The molecular formula is C10H18F2N2O4. The highest BCUT2D eigenvalue weighted by Gasteiger charge is 2.22. The average Bonchev–Trinajstić information content (AvgIpc) is 2.28. The number of urea groups is 1. The van der Waals surface area contributed by atoms with Gasteiger partial charge in [0.2, 0.25) is 0 Å². The highest BCUT2D eigenvalue weighted by atomic mass is 19.3. The summed E-state index contributed by atoms with van der Waals surface area (Å²) in [5, 5.41) is 17.2. The molecule has 0 radical (unpaired) electrons. The molecule has 8 heteroatoms.